The minimum absolute atomic E-state index is 0.137. The highest BCUT2D eigenvalue weighted by Crippen LogP contribution is 2.18. The number of anilines is 1. The first-order chi connectivity index (χ1) is 9.72. The van der Waals surface area contributed by atoms with Gasteiger partial charge in [-0.2, -0.15) is 9.97 Å². The van der Waals surface area contributed by atoms with Gasteiger partial charge in [0.1, 0.15) is 11.3 Å². The molecule has 0 amide bonds. The highest BCUT2D eigenvalue weighted by atomic mass is 35.5. The number of nitrogens with zero attached hydrogens (tertiary/aromatic N) is 3. The van der Waals surface area contributed by atoms with Crippen molar-refractivity contribution >= 4 is 28.6 Å². The molecular formula is C13H11ClFN5. The number of benzene rings is 1. The maximum absolute atomic E-state index is 13.1. The Kier molecular flexibility index (Phi) is 3.47. The molecule has 5 nitrogen and oxygen atoms in total. The number of imidazole rings is 1. The standard InChI is InChI=1S/C13H11ClFN5/c14-13-19-11(10-12(20-13)18-7-17-10)16-5-4-8-2-1-3-9(15)6-8/h1-3,6-7H,4-5H2,(H2,16,17,18,19,20). The van der Waals surface area contributed by atoms with E-state index < -0.39 is 0 Å². The Balaban J connectivity index is 1.72. The summed E-state index contributed by atoms with van der Waals surface area (Å²) in [5.41, 5.74) is 2.13. The Labute approximate surface area is 119 Å². The fourth-order valence-corrected chi connectivity index (χ4v) is 2.12. The van der Waals surface area contributed by atoms with E-state index >= 15 is 0 Å². The second kappa shape index (κ2) is 5.42. The average Bonchev–Trinajstić information content (AvgIpc) is 2.87. The number of H-pyrrole nitrogens is 1. The van der Waals surface area contributed by atoms with Crippen LogP contribution in [-0.2, 0) is 6.42 Å². The molecule has 0 fully saturated rings. The molecule has 0 bridgehead atoms. The normalized spacial score (nSPS) is 10.9. The van der Waals surface area contributed by atoms with Crippen LogP contribution in [0.1, 0.15) is 5.56 Å². The molecule has 20 heavy (non-hydrogen) atoms. The van der Waals surface area contributed by atoms with Crippen LogP contribution in [0.5, 0.6) is 0 Å². The Morgan fingerprint density at radius 2 is 2.20 bits per heavy atom. The zero-order valence-corrected chi connectivity index (χ0v) is 11.2. The van der Waals surface area contributed by atoms with Crippen molar-refractivity contribution in [3.05, 3.63) is 47.3 Å². The molecule has 102 valence electrons. The van der Waals surface area contributed by atoms with Gasteiger partial charge < -0.3 is 10.3 Å². The van der Waals surface area contributed by atoms with E-state index in [4.69, 9.17) is 11.6 Å². The number of halogens is 2. The molecule has 2 N–H and O–H groups in total. The van der Waals surface area contributed by atoms with E-state index in [1.807, 2.05) is 6.07 Å². The topological polar surface area (TPSA) is 66.5 Å². The van der Waals surface area contributed by atoms with Crippen LogP contribution in [0.3, 0.4) is 0 Å². The van der Waals surface area contributed by atoms with Gasteiger partial charge in [0.15, 0.2) is 11.5 Å². The van der Waals surface area contributed by atoms with E-state index in [2.05, 4.69) is 25.3 Å². The third-order valence-corrected chi connectivity index (χ3v) is 3.02. The summed E-state index contributed by atoms with van der Waals surface area (Å²) in [6, 6.07) is 6.51. The van der Waals surface area contributed by atoms with E-state index in [0.717, 1.165) is 5.56 Å². The first kappa shape index (κ1) is 12.8. The molecule has 0 radical (unpaired) electrons. The van der Waals surface area contributed by atoms with Crippen LogP contribution in [0.2, 0.25) is 5.28 Å². The van der Waals surface area contributed by atoms with Gasteiger partial charge in [-0.25, -0.2) is 9.37 Å². The van der Waals surface area contributed by atoms with Crippen LogP contribution >= 0.6 is 11.6 Å². The molecule has 2 heterocycles. The van der Waals surface area contributed by atoms with Crippen LogP contribution in [0.25, 0.3) is 11.2 Å². The van der Waals surface area contributed by atoms with Gasteiger partial charge in [0.25, 0.3) is 0 Å². The maximum atomic E-state index is 13.1. The summed E-state index contributed by atoms with van der Waals surface area (Å²) in [6.07, 6.45) is 2.21. The van der Waals surface area contributed by atoms with Crippen molar-refractivity contribution in [3.8, 4) is 0 Å². The summed E-state index contributed by atoms with van der Waals surface area (Å²) in [4.78, 5) is 15.1. The molecule has 0 saturated carbocycles. The summed E-state index contributed by atoms with van der Waals surface area (Å²) in [6.45, 7) is 0.602. The lowest BCUT2D eigenvalue weighted by Gasteiger charge is -2.06. The minimum Gasteiger partial charge on any atom is -0.368 e. The van der Waals surface area contributed by atoms with Crippen LogP contribution in [-0.4, -0.2) is 26.5 Å². The van der Waals surface area contributed by atoms with Crippen molar-refractivity contribution < 1.29 is 4.39 Å². The van der Waals surface area contributed by atoms with Crippen LogP contribution < -0.4 is 5.32 Å². The van der Waals surface area contributed by atoms with Gasteiger partial charge in [-0.15, -0.1) is 0 Å². The van der Waals surface area contributed by atoms with Gasteiger partial charge >= 0.3 is 0 Å². The molecule has 2 aromatic heterocycles. The lowest BCUT2D eigenvalue weighted by atomic mass is 10.1. The van der Waals surface area contributed by atoms with Gasteiger partial charge in [0.2, 0.25) is 5.28 Å². The summed E-state index contributed by atoms with van der Waals surface area (Å²) in [7, 11) is 0. The first-order valence-electron chi connectivity index (χ1n) is 6.07. The quantitative estimate of drug-likeness (QED) is 0.725. The zero-order valence-electron chi connectivity index (χ0n) is 10.4. The zero-order chi connectivity index (χ0) is 13.9. The highest BCUT2D eigenvalue weighted by molar-refractivity contribution is 6.28. The van der Waals surface area contributed by atoms with Crippen LogP contribution in [0, 0.1) is 5.82 Å². The molecule has 0 unspecified atom stereocenters. The van der Waals surface area contributed by atoms with Gasteiger partial charge in [-0.1, -0.05) is 12.1 Å². The number of rotatable bonds is 4. The summed E-state index contributed by atoms with van der Waals surface area (Å²) >= 11 is 5.83. The molecule has 0 saturated heterocycles. The Bertz CT molecular complexity index is 742. The summed E-state index contributed by atoms with van der Waals surface area (Å²) in [5.74, 6) is 0.359. The van der Waals surface area contributed by atoms with Crippen LogP contribution in [0.15, 0.2) is 30.6 Å². The molecule has 3 rings (SSSR count). The molecule has 0 atom stereocenters. The lowest BCUT2D eigenvalue weighted by molar-refractivity contribution is 0.625. The SMILES string of the molecule is Fc1cccc(CCNc2nc(Cl)nc3nc[nH]c23)c1. The largest absolute Gasteiger partial charge is 0.368 e. The predicted molar refractivity (Wildman–Crippen MR) is 75.3 cm³/mol. The van der Waals surface area contributed by atoms with E-state index in [1.165, 1.54) is 18.5 Å². The van der Waals surface area contributed by atoms with Crippen molar-refractivity contribution in [1.82, 2.24) is 19.9 Å². The van der Waals surface area contributed by atoms with Gasteiger partial charge in [-0.3, -0.25) is 0 Å². The Morgan fingerprint density at radius 1 is 1.30 bits per heavy atom. The van der Waals surface area contributed by atoms with Crippen molar-refractivity contribution in [2.24, 2.45) is 0 Å². The Hall–Kier alpha value is -2.21. The fourth-order valence-electron chi connectivity index (χ4n) is 1.95. The third-order valence-electron chi connectivity index (χ3n) is 2.85. The smallest absolute Gasteiger partial charge is 0.226 e. The number of hydrogen-bond acceptors (Lipinski definition) is 4. The number of nitrogens with one attached hydrogen (secondary N) is 2. The van der Waals surface area contributed by atoms with Crippen LogP contribution in [0.4, 0.5) is 10.2 Å². The van der Waals surface area contributed by atoms with Crippen molar-refractivity contribution in [1.29, 1.82) is 0 Å². The predicted octanol–water partition coefficient (Wildman–Crippen LogP) is 2.80. The molecule has 3 aromatic rings. The Morgan fingerprint density at radius 3 is 3.05 bits per heavy atom. The number of aromatic amines is 1. The minimum atomic E-state index is -0.233. The van der Waals surface area contributed by atoms with Crippen molar-refractivity contribution in [2.45, 2.75) is 6.42 Å². The summed E-state index contributed by atoms with van der Waals surface area (Å²) in [5, 5.41) is 3.29. The molecule has 0 spiro atoms. The van der Waals surface area contributed by atoms with Gasteiger partial charge in [0, 0.05) is 6.54 Å². The summed E-state index contributed by atoms with van der Waals surface area (Å²) < 4.78 is 13.1. The molecule has 1 aromatic carbocycles. The fraction of sp³-hybridized carbons (Fsp3) is 0.154. The van der Waals surface area contributed by atoms with E-state index in [-0.39, 0.29) is 11.1 Å². The average molecular weight is 292 g/mol. The van der Waals surface area contributed by atoms with E-state index in [9.17, 15) is 4.39 Å². The van der Waals surface area contributed by atoms with Gasteiger partial charge in [0.05, 0.1) is 6.33 Å². The second-order valence-electron chi connectivity index (χ2n) is 4.25. The lowest BCUT2D eigenvalue weighted by Crippen LogP contribution is -2.07. The molecular weight excluding hydrogens is 281 g/mol. The highest BCUT2D eigenvalue weighted by Gasteiger charge is 2.08. The first-order valence-corrected chi connectivity index (χ1v) is 6.45. The maximum Gasteiger partial charge on any atom is 0.226 e. The van der Waals surface area contributed by atoms with Crippen molar-refractivity contribution in [2.75, 3.05) is 11.9 Å². The van der Waals surface area contributed by atoms with E-state index in [1.54, 1.807) is 6.07 Å². The third kappa shape index (κ3) is 2.70. The monoisotopic (exact) mass is 291 g/mol. The van der Waals surface area contributed by atoms with E-state index in [0.29, 0.717) is 29.9 Å². The molecule has 0 aliphatic rings. The number of aromatic nitrogens is 4. The molecule has 0 aliphatic heterocycles. The molecule has 0 aliphatic carbocycles. The number of fused-ring (bicyclic) bond motifs is 1. The second-order valence-corrected chi connectivity index (χ2v) is 4.59. The number of hydrogen-bond donors (Lipinski definition) is 2. The molecule has 7 heteroatoms. The van der Waals surface area contributed by atoms with Crippen molar-refractivity contribution in [3.63, 3.8) is 0 Å². The van der Waals surface area contributed by atoms with Gasteiger partial charge in [-0.05, 0) is 35.7 Å².